The molecule has 12 N–H and O–H groups in total. The van der Waals surface area contributed by atoms with Gasteiger partial charge in [-0.25, -0.2) is 57.4 Å². The Labute approximate surface area is 876 Å². The lowest BCUT2D eigenvalue weighted by Crippen LogP contribution is -2.43. The molecule has 10 atom stereocenters. The summed E-state index contributed by atoms with van der Waals surface area (Å²) in [5, 5.41) is 64.6. The van der Waals surface area contributed by atoms with E-state index < -0.39 is 69.2 Å². The fraction of sp³-hybridized carbons (Fsp3) is 0.626. The highest BCUT2D eigenvalue weighted by molar-refractivity contribution is 7.18. The number of thiazole rings is 4. The predicted octanol–water partition coefficient (Wildman–Crippen LogP) is 18.4. The summed E-state index contributed by atoms with van der Waals surface area (Å²) < 4.78 is 58.7. The predicted molar refractivity (Wildman–Crippen MR) is 571 cm³/mol. The quantitative estimate of drug-likeness (QED) is 0.0194. The third kappa shape index (κ3) is 30.1. The van der Waals surface area contributed by atoms with Gasteiger partial charge >= 0.3 is 0 Å². The van der Waals surface area contributed by atoms with Crippen LogP contribution in [0.5, 0.6) is 0 Å². The van der Waals surface area contributed by atoms with Crippen LogP contribution in [0.1, 0.15) is 355 Å². The minimum atomic E-state index is -1.29. The van der Waals surface area contributed by atoms with Gasteiger partial charge in [0.25, 0.3) is 47.3 Å². The molecule has 4 saturated heterocycles. The molecule has 40 heteroatoms. The summed E-state index contributed by atoms with van der Waals surface area (Å²) in [6.45, 7) is 36.5. The minimum absolute atomic E-state index is 0.0498. The molecule has 0 radical (unpaired) electrons. The van der Waals surface area contributed by atoms with Crippen LogP contribution in [0.15, 0.2) is 49.1 Å². The van der Waals surface area contributed by atoms with Crippen molar-refractivity contribution in [1.29, 1.82) is 0 Å². The lowest BCUT2D eigenvalue weighted by Gasteiger charge is -2.35. The number of anilines is 4. The van der Waals surface area contributed by atoms with Crippen LogP contribution >= 0.6 is 45.3 Å². The van der Waals surface area contributed by atoms with E-state index in [9.17, 15) is 63.2 Å². The zero-order chi connectivity index (χ0) is 107. The van der Waals surface area contributed by atoms with Gasteiger partial charge in [0.15, 0.2) is 20.0 Å². The fourth-order valence-electron chi connectivity index (χ4n) is 19.5. The molecule has 0 aromatic carbocycles. The second-order valence-electron chi connectivity index (χ2n) is 44.5. The van der Waals surface area contributed by atoms with Crippen molar-refractivity contribution in [1.82, 2.24) is 80.7 Å². The number of amides is 8. The topological polar surface area (TPSA) is 430 Å². The van der Waals surface area contributed by atoms with Crippen molar-refractivity contribution in [2.24, 2.45) is 5.92 Å². The van der Waals surface area contributed by atoms with Gasteiger partial charge in [-0.3, -0.25) is 38.4 Å². The van der Waals surface area contributed by atoms with E-state index >= 15 is 13.2 Å². The van der Waals surface area contributed by atoms with Gasteiger partial charge in [-0.15, -0.1) is 45.3 Å². The zero-order valence-corrected chi connectivity index (χ0v) is 91.8. The Morgan fingerprint density at radius 1 is 0.381 bits per heavy atom. The largest absolute Gasteiger partial charge is 0.389 e. The van der Waals surface area contributed by atoms with Crippen LogP contribution in [-0.4, -0.2) is 274 Å². The molecule has 4 aliphatic heterocycles. The molecule has 8 fully saturated rings. The van der Waals surface area contributed by atoms with Crippen molar-refractivity contribution >= 4 is 116 Å². The lowest BCUT2D eigenvalue weighted by molar-refractivity contribution is 0.0627. The SMILES string of the molecule is Cc1cc(N[C@@H](C)C2CC2)ncc1-c1sc(C(=O)NCC(C)(C)O)nc1C(=O)N1CCC(F)CC1.Cc1cc(N[C@@H]2CCCCC2(C)F)ncc1-c1sc(C(=O)NCC(C)(C)O)nc1C(=O)N1CCCC[C@@H]1C.Cc1cc(N[C@@H]2CCCCC2(C)F)ncc1-c1sc(C(=O)NCC(C)(C)O)nc1C(=O)N1CCC[C@@H]1C.Cc1cc(N[C@H]2CCCCC2(C)F)ncc1-c1sc(C(=O)NCC(C)(C)O)nc1C(=O)N1CCC[C@@H]1C. The monoisotopic (exact) mass is 2110 g/mol. The van der Waals surface area contributed by atoms with Crippen LogP contribution in [0.2, 0.25) is 0 Å². The number of halogens is 4. The number of piperidine rings is 2. The Morgan fingerprint density at radius 3 is 0.905 bits per heavy atom. The molecule has 8 aromatic heterocycles. The number of aryl methyl sites for hydroxylation is 4. The van der Waals surface area contributed by atoms with Gasteiger partial charge in [-0.2, -0.15) is 0 Å². The van der Waals surface area contributed by atoms with Crippen molar-refractivity contribution in [3.63, 3.8) is 0 Å². The second-order valence-corrected chi connectivity index (χ2v) is 48.5. The van der Waals surface area contributed by atoms with E-state index in [4.69, 9.17) is 0 Å². The smallest absolute Gasteiger partial charge is 0.280 e. The third-order valence-corrected chi connectivity index (χ3v) is 33.1. The van der Waals surface area contributed by atoms with E-state index in [2.05, 4.69) is 89.3 Å². The van der Waals surface area contributed by atoms with Gasteiger partial charge in [0.2, 0.25) is 0 Å². The molecule has 12 heterocycles. The maximum absolute atomic E-state index is 15.0. The van der Waals surface area contributed by atoms with Crippen LogP contribution in [0.4, 0.5) is 40.8 Å². The van der Waals surface area contributed by atoms with Crippen molar-refractivity contribution < 1.29 is 76.3 Å². The highest BCUT2D eigenvalue weighted by Gasteiger charge is 2.44. The number of likely N-dealkylation sites (tertiary alicyclic amines) is 4. The van der Waals surface area contributed by atoms with Gasteiger partial charge < -0.3 is 82.6 Å². The number of carbonyl (C=O) groups is 8. The average Bonchev–Trinajstić information content (AvgIpc) is 1.54. The Morgan fingerprint density at radius 2 is 0.646 bits per heavy atom. The molecule has 0 bridgehead atoms. The molecule has 8 amide bonds. The number of nitrogens with zero attached hydrogens (tertiary/aromatic N) is 12. The van der Waals surface area contributed by atoms with Crippen LogP contribution in [0.3, 0.4) is 0 Å². The summed E-state index contributed by atoms with van der Waals surface area (Å²) in [4.78, 5) is 151. The Balaban J connectivity index is 0.000000164. The molecular formula is C107H150F4N20O12S4. The number of hydrogen-bond acceptors (Lipinski definition) is 28. The van der Waals surface area contributed by atoms with Crippen molar-refractivity contribution in [3.8, 4) is 41.8 Å². The summed E-state index contributed by atoms with van der Waals surface area (Å²) in [7, 11) is 0. The van der Waals surface area contributed by atoms with E-state index in [1.807, 2.05) is 77.6 Å². The number of pyridine rings is 4. The number of aliphatic hydroxyl groups is 4. The highest BCUT2D eigenvalue weighted by Crippen LogP contribution is 2.45. The first-order chi connectivity index (χ1) is 69.1. The third-order valence-electron chi connectivity index (χ3n) is 28.7. The molecule has 4 saturated carbocycles. The van der Waals surface area contributed by atoms with E-state index in [-0.39, 0.29) is 129 Å². The van der Waals surface area contributed by atoms with Crippen LogP contribution in [-0.2, 0) is 0 Å². The number of nitrogens with one attached hydrogen (secondary N) is 8. The highest BCUT2D eigenvalue weighted by atomic mass is 32.1. The maximum atomic E-state index is 15.0. The first-order valence-electron chi connectivity index (χ1n) is 52.0. The Hall–Kier alpha value is -10.4. The summed E-state index contributed by atoms with van der Waals surface area (Å²) in [6.07, 6.45) is 25.0. The van der Waals surface area contributed by atoms with E-state index in [0.717, 1.165) is 182 Å². The van der Waals surface area contributed by atoms with E-state index in [1.165, 1.54) is 12.8 Å². The molecule has 802 valence electrons. The summed E-state index contributed by atoms with van der Waals surface area (Å²) in [5.41, 5.74) is -0.927. The van der Waals surface area contributed by atoms with E-state index in [0.29, 0.717) is 130 Å². The molecule has 8 aliphatic rings. The molecule has 0 spiro atoms. The van der Waals surface area contributed by atoms with Crippen molar-refractivity contribution in [2.45, 2.75) is 367 Å². The first-order valence-corrected chi connectivity index (χ1v) is 55.3. The number of carbonyl (C=O) groups excluding carboxylic acids is 8. The second kappa shape index (κ2) is 47.9. The first kappa shape index (κ1) is 114. The van der Waals surface area contributed by atoms with E-state index in [1.54, 1.807) is 116 Å². The summed E-state index contributed by atoms with van der Waals surface area (Å²) in [6, 6.07) is 7.27. The summed E-state index contributed by atoms with van der Waals surface area (Å²) >= 11 is 4.56. The zero-order valence-electron chi connectivity index (χ0n) is 88.5. The van der Waals surface area contributed by atoms with Crippen molar-refractivity contribution in [3.05, 3.63) is 114 Å². The number of aromatic nitrogens is 8. The molecule has 147 heavy (non-hydrogen) atoms. The number of hydrogen-bond donors (Lipinski definition) is 12. The molecule has 8 aromatic rings. The Kier molecular flexibility index (Phi) is 37.1. The van der Waals surface area contributed by atoms with Gasteiger partial charge in [0.1, 0.15) is 69.2 Å². The van der Waals surface area contributed by atoms with Gasteiger partial charge in [0, 0.05) is 130 Å². The fourth-order valence-corrected chi connectivity index (χ4v) is 23.7. The molecule has 4 aliphatic carbocycles. The normalized spacial score (nSPS) is 22.7. The molecular weight excluding hydrogens is 1960 g/mol. The van der Waals surface area contributed by atoms with Gasteiger partial charge in [-0.05, 0) is 293 Å². The van der Waals surface area contributed by atoms with Crippen molar-refractivity contribution in [2.75, 3.05) is 80.2 Å². The number of rotatable bonds is 29. The van der Waals surface area contributed by atoms with Gasteiger partial charge in [-0.1, -0.05) is 38.5 Å². The maximum Gasteiger partial charge on any atom is 0.280 e. The van der Waals surface area contributed by atoms with Crippen LogP contribution in [0.25, 0.3) is 41.8 Å². The number of alkyl halides is 4. The molecule has 16 rings (SSSR count). The average molecular weight is 2110 g/mol. The Bertz CT molecular complexity index is 5830. The van der Waals surface area contributed by atoms with Crippen LogP contribution < -0.4 is 42.5 Å². The standard InChI is InChI=1S/C28H40FN5O3S.2C27H38FN5O3S.C25H34FN5O3S/c1-17-14-21(32-20-11-6-8-12-28(20,5)29)30-15-19(17)23-22(26(36)34-13-9-7-10-18(34)2)33-25(38-23)24(35)31-16-27(3,4)37;2*1-16-13-20(31-19-10-6-7-11-27(19,5)28)29-14-18(16)22-21(25(35)33-12-8-9-17(33)2)32-24(37-22)23(34)30-15-26(3,4)36;1-14-11-19(29-15(2)16-5-6-16)27-12-18(14)21-20(24(33)31-9-7-17(26)8-10-31)30-23(35-21)22(32)28-13-25(3,4)34/h14-15,18,20,37H,6-13,16H2,1-5H3,(H,30,32)(H,31,35);2*13-14,17,19,36H,6-12,15H2,1-5H3,(H,29,31)(H,30,34);11-12,15-17,34H,5-10,13H2,1-4H3,(H,27,29)(H,28,32)/t18-,20+,28?;17-,19+,27?;17-,19-,27?;15-/m0000/s1. The lowest BCUT2D eigenvalue weighted by atomic mass is 9.83. The molecule has 32 nitrogen and oxygen atoms in total. The van der Waals surface area contributed by atoms with Gasteiger partial charge in [0.05, 0.1) is 60.0 Å². The minimum Gasteiger partial charge on any atom is -0.389 e. The summed E-state index contributed by atoms with van der Waals surface area (Å²) in [5.74, 6) is 0.547. The van der Waals surface area contributed by atoms with Crippen LogP contribution in [0, 0.1) is 33.6 Å². The molecule has 3 unspecified atom stereocenters.